The second kappa shape index (κ2) is 11.6. The van der Waals surface area contributed by atoms with Crippen LogP contribution in [0.5, 0.6) is 0 Å². The van der Waals surface area contributed by atoms with Gasteiger partial charge in [-0.2, -0.15) is 13.2 Å². The third-order valence-corrected chi connectivity index (χ3v) is 6.13. The van der Waals surface area contributed by atoms with Crippen molar-refractivity contribution in [2.75, 3.05) is 18.5 Å². The Hall–Kier alpha value is -3.31. The molecule has 0 spiro atoms. The van der Waals surface area contributed by atoms with E-state index in [-0.39, 0.29) is 33.3 Å². The van der Waals surface area contributed by atoms with Crippen LogP contribution in [0.15, 0.2) is 47.4 Å². The van der Waals surface area contributed by atoms with E-state index in [1.54, 1.807) is 0 Å². The average Bonchev–Trinajstić information content (AvgIpc) is 3.07. The molecular formula is C24H20ClF3N2O5S. The molecule has 1 aliphatic rings. The van der Waals surface area contributed by atoms with Crippen molar-refractivity contribution >= 4 is 58.1 Å². The van der Waals surface area contributed by atoms with Crippen LogP contribution in [0.2, 0.25) is 5.02 Å². The number of thioether (sulfide) groups is 1. The summed E-state index contributed by atoms with van der Waals surface area (Å²) < 4.78 is 43.9. The molecule has 0 aromatic heterocycles. The van der Waals surface area contributed by atoms with E-state index in [2.05, 4.69) is 5.32 Å². The predicted molar refractivity (Wildman–Crippen MR) is 129 cm³/mol. The molecule has 3 rings (SSSR count). The Bertz CT molecular complexity index is 1230. The first kappa shape index (κ1) is 27.3. The normalized spacial score (nSPS) is 14.9. The third-order valence-electron chi connectivity index (χ3n) is 4.89. The molecule has 2 aromatic carbocycles. The molecule has 1 saturated heterocycles. The number of hydrogen-bond acceptors (Lipinski definition) is 6. The van der Waals surface area contributed by atoms with Crippen LogP contribution in [-0.4, -0.2) is 41.1 Å². The summed E-state index contributed by atoms with van der Waals surface area (Å²) in [5, 5.41) is 1.86. The van der Waals surface area contributed by atoms with Crippen LogP contribution >= 0.6 is 23.4 Å². The molecule has 3 amide bonds. The fourth-order valence-corrected chi connectivity index (χ4v) is 4.12. The van der Waals surface area contributed by atoms with Crippen LogP contribution < -0.4 is 5.32 Å². The van der Waals surface area contributed by atoms with Crippen LogP contribution in [-0.2, 0) is 20.5 Å². The molecular weight excluding hydrogens is 521 g/mol. The Morgan fingerprint density at radius 2 is 1.92 bits per heavy atom. The molecule has 1 heterocycles. The van der Waals surface area contributed by atoms with Gasteiger partial charge in [0.1, 0.15) is 6.54 Å². The monoisotopic (exact) mass is 540 g/mol. The molecule has 1 fully saturated rings. The van der Waals surface area contributed by atoms with Crippen molar-refractivity contribution < 1.29 is 37.1 Å². The standard InChI is InChI=1S/C24H20ClF3N2O5S/c1-2-3-9-35-22(33)17-12-16(7-8-18(17)25)29-20(31)13-30-21(32)19(36-23(30)34)11-14-5-4-6-15(10-14)24(26,27)28/h4-8,10-12H,2-3,9,13H2,1H3,(H,29,31)/b19-11+. The van der Waals surface area contributed by atoms with E-state index in [0.29, 0.717) is 23.1 Å². The van der Waals surface area contributed by atoms with Gasteiger partial charge in [0.2, 0.25) is 5.91 Å². The fraction of sp³-hybridized carbons (Fsp3) is 0.250. The van der Waals surface area contributed by atoms with Gasteiger partial charge in [-0.05, 0) is 60.2 Å². The number of halogens is 4. The number of benzene rings is 2. The van der Waals surface area contributed by atoms with E-state index in [1.165, 1.54) is 30.3 Å². The molecule has 0 atom stereocenters. The SMILES string of the molecule is CCCCOC(=O)c1cc(NC(=O)CN2C(=O)S/C(=C/c3cccc(C(F)(F)F)c3)C2=O)ccc1Cl. The highest BCUT2D eigenvalue weighted by Gasteiger charge is 2.36. The van der Waals surface area contributed by atoms with Gasteiger partial charge >= 0.3 is 12.1 Å². The average molecular weight is 541 g/mol. The van der Waals surface area contributed by atoms with Gasteiger partial charge in [-0.15, -0.1) is 0 Å². The number of carbonyl (C=O) groups is 4. The summed E-state index contributed by atoms with van der Waals surface area (Å²) in [6.07, 6.45) is -1.89. The highest BCUT2D eigenvalue weighted by molar-refractivity contribution is 8.18. The molecule has 12 heteroatoms. The summed E-state index contributed by atoms with van der Waals surface area (Å²) in [5.41, 5.74) is -0.579. The van der Waals surface area contributed by atoms with Gasteiger partial charge in [-0.1, -0.05) is 37.1 Å². The second-order valence-electron chi connectivity index (χ2n) is 7.62. The van der Waals surface area contributed by atoms with Crippen molar-refractivity contribution in [2.24, 2.45) is 0 Å². The van der Waals surface area contributed by atoms with Crippen LogP contribution in [0.25, 0.3) is 6.08 Å². The third kappa shape index (κ3) is 6.88. The number of nitrogens with zero attached hydrogens (tertiary/aromatic N) is 1. The highest BCUT2D eigenvalue weighted by atomic mass is 35.5. The zero-order valence-electron chi connectivity index (χ0n) is 18.9. The summed E-state index contributed by atoms with van der Waals surface area (Å²) in [6, 6.07) is 8.44. The van der Waals surface area contributed by atoms with Gasteiger partial charge in [-0.25, -0.2) is 4.79 Å². The van der Waals surface area contributed by atoms with Crippen molar-refractivity contribution in [3.63, 3.8) is 0 Å². The summed E-state index contributed by atoms with van der Waals surface area (Å²) in [4.78, 5) is 50.2. The number of rotatable bonds is 8. The molecule has 0 aliphatic carbocycles. The number of anilines is 1. The first-order valence-corrected chi connectivity index (χ1v) is 11.9. The van der Waals surface area contributed by atoms with Gasteiger partial charge in [0.15, 0.2) is 0 Å². The van der Waals surface area contributed by atoms with Crippen LogP contribution in [0, 0.1) is 0 Å². The Morgan fingerprint density at radius 1 is 1.17 bits per heavy atom. The van der Waals surface area contributed by atoms with E-state index >= 15 is 0 Å². The van der Waals surface area contributed by atoms with E-state index in [0.717, 1.165) is 24.6 Å². The lowest BCUT2D eigenvalue weighted by Crippen LogP contribution is -2.36. The van der Waals surface area contributed by atoms with E-state index in [4.69, 9.17) is 16.3 Å². The predicted octanol–water partition coefficient (Wildman–Crippen LogP) is 5.99. The van der Waals surface area contributed by atoms with Gasteiger partial charge in [0.05, 0.1) is 27.7 Å². The Kier molecular flexibility index (Phi) is 8.80. The largest absolute Gasteiger partial charge is 0.462 e. The van der Waals surface area contributed by atoms with Gasteiger partial charge in [0.25, 0.3) is 11.1 Å². The van der Waals surface area contributed by atoms with Crippen molar-refractivity contribution in [3.8, 4) is 0 Å². The van der Waals surface area contributed by atoms with E-state index < -0.39 is 41.3 Å². The smallest absolute Gasteiger partial charge is 0.416 e. The first-order chi connectivity index (χ1) is 17.0. The van der Waals surface area contributed by atoms with Gasteiger partial charge in [-0.3, -0.25) is 19.3 Å². The summed E-state index contributed by atoms with van der Waals surface area (Å²) in [7, 11) is 0. The Morgan fingerprint density at radius 3 is 2.61 bits per heavy atom. The number of alkyl halides is 3. The number of esters is 1. The van der Waals surface area contributed by atoms with Crippen molar-refractivity contribution in [3.05, 3.63) is 69.1 Å². The van der Waals surface area contributed by atoms with Crippen LogP contribution in [0.4, 0.5) is 23.7 Å². The van der Waals surface area contributed by atoms with Crippen molar-refractivity contribution in [1.29, 1.82) is 0 Å². The maximum Gasteiger partial charge on any atom is 0.416 e. The lowest BCUT2D eigenvalue weighted by atomic mass is 10.1. The molecule has 7 nitrogen and oxygen atoms in total. The van der Waals surface area contributed by atoms with E-state index in [1.807, 2.05) is 6.92 Å². The number of unbranched alkanes of at least 4 members (excludes halogenated alkanes) is 1. The van der Waals surface area contributed by atoms with E-state index in [9.17, 15) is 32.3 Å². The minimum absolute atomic E-state index is 0.0424. The minimum atomic E-state index is -4.56. The molecule has 0 radical (unpaired) electrons. The molecule has 1 N–H and O–H groups in total. The van der Waals surface area contributed by atoms with Gasteiger partial charge < -0.3 is 10.1 Å². The topological polar surface area (TPSA) is 92.8 Å². The second-order valence-corrected chi connectivity index (χ2v) is 9.02. The summed E-state index contributed by atoms with van der Waals surface area (Å²) in [5.74, 6) is -2.20. The molecule has 0 saturated carbocycles. The molecule has 1 aliphatic heterocycles. The molecule has 0 bridgehead atoms. The zero-order chi connectivity index (χ0) is 26.5. The maximum absolute atomic E-state index is 12.9. The van der Waals surface area contributed by atoms with Gasteiger partial charge in [0, 0.05) is 5.69 Å². The highest BCUT2D eigenvalue weighted by Crippen LogP contribution is 2.34. The number of carbonyl (C=O) groups excluding carboxylic acids is 4. The number of amides is 3. The summed E-state index contributed by atoms with van der Waals surface area (Å²) >= 11 is 6.57. The molecule has 0 unspecified atom stereocenters. The zero-order valence-corrected chi connectivity index (χ0v) is 20.4. The van der Waals surface area contributed by atoms with Crippen molar-refractivity contribution in [1.82, 2.24) is 4.90 Å². The lowest BCUT2D eigenvalue weighted by molar-refractivity contribution is -0.137. The number of hydrogen-bond donors (Lipinski definition) is 1. The number of nitrogens with one attached hydrogen (secondary N) is 1. The summed E-state index contributed by atoms with van der Waals surface area (Å²) in [6.45, 7) is 1.52. The molecule has 2 aromatic rings. The lowest BCUT2D eigenvalue weighted by Gasteiger charge is -2.13. The Balaban J connectivity index is 1.68. The molecule has 190 valence electrons. The maximum atomic E-state index is 12.9. The minimum Gasteiger partial charge on any atom is -0.462 e. The van der Waals surface area contributed by atoms with Crippen LogP contribution in [0.1, 0.15) is 41.3 Å². The van der Waals surface area contributed by atoms with Crippen molar-refractivity contribution in [2.45, 2.75) is 25.9 Å². The first-order valence-electron chi connectivity index (χ1n) is 10.7. The Labute approximate surface area is 213 Å². The quantitative estimate of drug-likeness (QED) is 0.251. The molecule has 36 heavy (non-hydrogen) atoms. The fourth-order valence-electron chi connectivity index (χ4n) is 3.08. The number of imide groups is 1. The number of ether oxygens (including phenoxy) is 1. The van der Waals surface area contributed by atoms with Crippen LogP contribution in [0.3, 0.4) is 0 Å².